The number of benzene rings is 3. The van der Waals surface area contributed by atoms with Gasteiger partial charge in [-0.25, -0.2) is 9.59 Å². The van der Waals surface area contributed by atoms with Crippen molar-refractivity contribution in [1.82, 2.24) is 4.57 Å². The second kappa shape index (κ2) is 22.8. The number of esters is 2. The molecule has 0 aliphatic carbocycles. The lowest BCUT2D eigenvalue weighted by Crippen LogP contribution is -2.08. The third kappa shape index (κ3) is 14.8. The van der Waals surface area contributed by atoms with Crippen molar-refractivity contribution in [2.24, 2.45) is 0 Å². The fourth-order valence-corrected chi connectivity index (χ4v) is 5.63. The highest BCUT2D eigenvalue weighted by atomic mass is 16.5. The first-order chi connectivity index (χ1) is 24.6. The smallest absolute Gasteiger partial charge is 0.343 e. The third-order valence-electron chi connectivity index (χ3n) is 8.56. The van der Waals surface area contributed by atoms with Crippen LogP contribution in [0.3, 0.4) is 0 Å². The van der Waals surface area contributed by atoms with E-state index in [0.29, 0.717) is 24.5 Å². The molecule has 0 amide bonds. The first-order valence-electron chi connectivity index (χ1n) is 18.3. The van der Waals surface area contributed by atoms with Crippen molar-refractivity contribution in [3.63, 3.8) is 0 Å². The van der Waals surface area contributed by atoms with Gasteiger partial charge in [0.05, 0.1) is 25.4 Å². The van der Waals surface area contributed by atoms with Crippen LogP contribution in [-0.2, 0) is 16.1 Å². The fraction of sp³-hybridized carbons (Fsp3) is 0.395. The predicted molar refractivity (Wildman–Crippen MR) is 200 cm³/mol. The number of ether oxygens (including phenoxy) is 4. The molecule has 3 aromatic carbocycles. The molecule has 0 fully saturated rings. The number of hydrogen-bond acceptors (Lipinski definition) is 6. The van der Waals surface area contributed by atoms with E-state index >= 15 is 0 Å². The Labute approximate surface area is 298 Å². The van der Waals surface area contributed by atoms with E-state index in [1.165, 1.54) is 57.4 Å². The molecule has 0 saturated heterocycles. The average Bonchev–Trinajstić information content (AvgIpc) is 3.67. The Morgan fingerprint density at radius 2 is 0.980 bits per heavy atom. The van der Waals surface area contributed by atoms with Crippen LogP contribution in [0.4, 0.5) is 0 Å². The van der Waals surface area contributed by atoms with Crippen molar-refractivity contribution in [3.8, 4) is 28.4 Å². The number of aryl methyl sites for hydroxylation is 1. The standard InChI is InChI=1S/C43H53NO6/c1-2-42(45)49-35-17-10-7-5-3-4-6-9-15-33-48-40-26-22-38(23-27-40)43(46)50-41-28-20-37(21-29-41)36-18-24-39(25-19-36)47-34-16-11-8-12-30-44-31-13-14-32-44/h2,13-14,18-29,31-32H,1,3-12,15-17,30,33-35H2. The minimum Gasteiger partial charge on any atom is -0.494 e. The Bertz CT molecular complexity index is 1510. The first-order valence-corrected chi connectivity index (χ1v) is 18.3. The molecule has 7 nitrogen and oxygen atoms in total. The summed E-state index contributed by atoms with van der Waals surface area (Å²) in [6.45, 7) is 6.34. The number of carbonyl (C=O) groups is 2. The van der Waals surface area contributed by atoms with Gasteiger partial charge in [-0.2, -0.15) is 0 Å². The zero-order valence-corrected chi connectivity index (χ0v) is 29.4. The quantitative estimate of drug-likeness (QED) is 0.0300. The van der Waals surface area contributed by atoms with E-state index in [4.69, 9.17) is 18.9 Å². The number of unbranched alkanes of at least 4 members (excludes halogenated alkanes) is 11. The van der Waals surface area contributed by atoms with Gasteiger partial charge in [-0.05, 0) is 97.5 Å². The number of carbonyl (C=O) groups excluding carboxylic acids is 2. The topological polar surface area (TPSA) is 76.0 Å². The van der Waals surface area contributed by atoms with Gasteiger partial charge in [0.2, 0.25) is 0 Å². The van der Waals surface area contributed by atoms with E-state index in [-0.39, 0.29) is 5.97 Å². The van der Waals surface area contributed by atoms with E-state index in [1.807, 2.05) is 48.5 Å². The molecule has 0 N–H and O–H groups in total. The van der Waals surface area contributed by atoms with E-state index in [0.717, 1.165) is 67.9 Å². The summed E-state index contributed by atoms with van der Waals surface area (Å²) in [5, 5.41) is 0. The highest BCUT2D eigenvalue weighted by Crippen LogP contribution is 2.25. The summed E-state index contributed by atoms with van der Waals surface area (Å²) in [5.41, 5.74) is 2.59. The van der Waals surface area contributed by atoms with Crippen LogP contribution >= 0.6 is 0 Å². The molecule has 4 rings (SSSR count). The van der Waals surface area contributed by atoms with Gasteiger partial charge in [0.25, 0.3) is 0 Å². The van der Waals surface area contributed by atoms with Crippen molar-refractivity contribution < 1.29 is 28.5 Å². The highest BCUT2D eigenvalue weighted by Gasteiger charge is 2.10. The largest absolute Gasteiger partial charge is 0.494 e. The zero-order chi connectivity index (χ0) is 35.1. The summed E-state index contributed by atoms with van der Waals surface area (Å²) < 4.78 is 24.6. The lowest BCUT2D eigenvalue weighted by molar-refractivity contribution is -0.137. The molecule has 1 heterocycles. The SMILES string of the molecule is C=CC(=O)OCCCCCCCCCCCOc1ccc(C(=O)Oc2ccc(-c3ccc(OCCCCCCn4cccc4)cc3)cc2)cc1. The number of hydrogen-bond donors (Lipinski definition) is 0. The van der Waals surface area contributed by atoms with Gasteiger partial charge in [0, 0.05) is 25.0 Å². The Morgan fingerprint density at radius 3 is 1.50 bits per heavy atom. The molecule has 1 aromatic heterocycles. The minimum absolute atomic E-state index is 0.342. The number of aromatic nitrogens is 1. The van der Waals surface area contributed by atoms with Gasteiger partial charge in [0.1, 0.15) is 17.2 Å². The van der Waals surface area contributed by atoms with E-state index < -0.39 is 5.97 Å². The summed E-state index contributed by atoms with van der Waals surface area (Å²) in [4.78, 5) is 23.7. The lowest BCUT2D eigenvalue weighted by Gasteiger charge is -2.09. The second-order valence-electron chi connectivity index (χ2n) is 12.5. The molecule has 0 unspecified atom stereocenters. The van der Waals surface area contributed by atoms with Gasteiger partial charge in [-0.15, -0.1) is 0 Å². The normalized spacial score (nSPS) is 10.8. The van der Waals surface area contributed by atoms with Gasteiger partial charge in [-0.3, -0.25) is 0 Å². The van der Waals surface area contributed by atoms with Gasteiger partial charge in [-0.1, -0.05) is 88.6 Å². The molecule has 0 radical (unpaired) electrons. The van der Waals surface area contributed by atoms with Crippen molar-refractivity contribution in [3.05, 3.63) is 116 Å². The minimum atomic E-state index is -0.400. The molecule has 0 aliphatic rings. The van der Waals surface area contributed by atoms with Crippen molar-refractivity contribution in [1.29, 1.82) is 0 Å². The van der Waals surface area contributed by atoms with Crippen LogP contribution in [-0.4, -0.2) is 36.3 Å². The molecule has 0 atom stereocenters. The molecule has 7 heteroatoms. The van der Waals surface area contributed by atoms with Crippen molar-refractivity contribution >= 4 is 11.9 Å². The van der Waals surface area contributed by atoms with Crippen LogP contribution in [0.5, 0.6) is 17.2 Å². The third-order valence-corrected chi connectivity index (χ3v) is 8.56. The van der Waals surface area contributed by atoms with E-state index in [2.05, 4.69) is 47.8 Å². The Morgan fingerprint density at radius 1 is 0.540 bits per heavy atom. The number of nitrogens with zero attached hydrogens (tertiary/aromatic N) is 1. The molecule has 0 bridgehead atoms. The fourth-order valence-electron chi connectivity index (χ4n) is 5.63. The zero-order valence-electron chi connectivity index (χ0n) is 29.4. The molecule has 0 saturated carbocycles. The predicted octanol–water partition coefficient (Wildman–Crippen LogP) is 10.6. The van der Waals surface area contributed by atoms with E-state index in [9.17, 15) is 9.59 Å². The van der Waals surface area contributed by atoms with Crippen LogP contribution in [0.2, 0.25) is 0 Å². The highest BCUT2D eigenvalue weighted by molar-refractivity contribution is 5.91. The van der Waals surface area contributed by atoms with Crippen LogP contribution in [0.1, 0.15) is 93.8 Å². The maximum absolute atomic E-state index is 12.7. The summed E-state index contributed by atoms with van der Waals surface area (Å²) >= 11 is 0. The van der Waals surface area contributed by atoms with Crippen molar-refractivity contribution in [2.45, 2.75) is 90.0 Å². The first kappa shape index (κ1) is 38.0. The average molecular weight is 680 g/mol. The summed E-state index contributed by atoms with van der Waals surface area (Å²) in [6, 6.07) is 26.9. The maximum atomic E-state index is 12.7. The molecule has 0 spiro atoms. The Hall–Kier alpha value is -4.78. The van der Waals surface area contributed by atoms with Gasteiger partial charge >= 0.3 is 11.9 Å². The molecule has 0 aliphatic heterocycles. The van der Waals surface area contributed by atoms with Crippen LogP contribution < -0.4 is 14.2 Å². The summed E-state index contributed by atoms with van der Waals surface area (Å²) in [5.74, 6) is 1.38. The molecule has 4 aromatic rings. The van der Waals surface area contributed by atoms with Crippen LogP contribution in [0, 0.1) is 0 Å². The van der Waals surface area contributed by atoms with E-state index in [1.54, 1.807) is 12.1 Å². The lowest BCUT2D eigenvalue weighted by atomic mass is 10.1. The molecule has 266 valence electrons. The summed E-state index contributed by atoms with van der Waals surface area (Å²) in [7, 11) is 0. The number of rotatable bonds is 25. The second-order valence-corrected chi connectivity index (χ2v) is 12.5. The monoisotopic (exact) mass is 679 g/mol. The van der Waals surface area contributed by atoms with Gasteiger partial charge in [0.15, 0.2) is 0 Å². The molecule has 50 heavy (non-hydrogen) atoms. The van der Waals surface area contributed by atoms with Crippen LogP contribution in [0.25, 0.3) is 11.1 Å². The summed E-state index contributed by atoms with van der Waals surface area (Å²) in [6.07, 6.45) is 20.2. The maximum Gasteiger partial charge on any atom is 0.343 e. The Kier molecular flexibility index (Phi) is 17.3. The van der Waals surface area contributed by atoms with Crippen molar-refractivity contribution in [2.75, 3.05) is 19.8 Å². The van der Waals surface area contributed by atoms with Gasteiger partial charge < -0.3 is 23.5 Å². The molecular formula is C43H53NO6. The Balaban J connectivity index is 1.04. The molecular weight excluding hydrogens is 626 g/mol. The van der Waals surface area contributed by atoms with Crippen LogP contribution in [0.15, 0.2) is 110 Å².